The van der Waals surface area contributed by atoms with E-state index in [0.29, 0.717) is 0 Å². The highest BCUT2D eigenvalue weighted by atomic mass is 16.5. The smallest absolute Gasteiger partial charge is 0.334 e. The Balaban J connectivity index is 3.83. The van der Waals surface area contributed by atoms with Crippen LogP contribution in [0.25, 0.3) is 0 Å². The molecule has 0 heterocycles. The zero-order valence-corrected chi connectivity index (χ0v) is 8.12. The molecule has 0 aliphatic heterocycles. The van der Waals surface area contributed by atoms with E-state index in [1.807, 2.05) is 0 Å². The first kappa shape index (κ1) is 12.6. The highest BCUT2D eigenvalue weighted by molar-refractivity contribution is 5.93. The maximum atomic E-state index is 11.0. The predicted octanol–water partition coefficient (Wildman–Crippen LogP) is 0.0313. The van der Waals surface area contributed by atoms with Crippen LogP contribution in [-0.4, -0.2) is 36.9 Å². The summed E-state index contributed by atoms with van der Waals surface area (Å²) in [5, 5.41) is 8.36. The van der Waals surface area contributed by atoms with Crippen molar-refractivity contribution in [3.05, 3.63) is 12.2 Å². The highest BCUT2D eigenvalue weighted by Gasteiger charge is 2.13. The minimum absolute atomic E-state index is 0.0249. The van der Waals surface area contributed by atoms with Gasteiger partial charge in [-0.25, -0.2) is 4.79 Å². The summed E-state index contributed by atoms with van der Waals surface area (Å²) in [6, 6.07) is 0. The zero-order chi connectivity index (χ0) is 11.0. The van der Waals surface area contributed by atoms with Crippen molar-refractivity contribution in [3.8, 4) is 0 Å². The molecule has 0 rings (SSSR count). The van der Waals surface area contributed by atoms with E-state index in [-0.39, 0.29) is 31.8 Å². The van der Waals surface area contributed by atoms with Crippen molar-refractivity contribution in [2.45, 2.75) is 13.3 Å². The molecule has 5 nitrogen and oxygen atoms in total. The molecule has 0 aliphatic carbocycles. The van der Waals surface area contributed by atoms with Crippen molar-refractivity contribution in [1.29, 1.82) is 0 Å². The van der Waals surface area contributed by atoms with E-state index in [9.17, 15) is 9.59 Å². The van der Waals surface area contributed by atoms with Gasteiger partial charge < -0.3 is 14.6 Å². The van der Waals surface area contributed by atoms with Crippen LogP contribution < -0.4 is 0 Å². The van der Waals surface area contributed by atoms with Gasteiger partial charge in [0.15, 0.2) is 0 Å². The number of aliphatic hydroxyl groups is 1. The van der Waals surface area contributed by atoms with Gasteiger partial charge in [0.25, 0.3) is 0 Å². The van der Waals surface area contributed by atoms with Crippen molar-refractivity contribution in [1.82, 2.24) is 0 Å². The quantitative estimate of drug-likeness (QED) is 0.486. The standard InChI is InChI=1S/C9H14O5/c1-3-13-8(11)6-7(2)9(12)14-5-4-10/h10H,2-6H2,1H3. The number of hydrogen-bond donors (Lipinski definition) is 1. The van der Waals surface area contributed by atoms with Crippen LogP contribution in [0.1, 0.15) is 13.3 Å². The number of hydrogen-bond acceptors (Lipinski definition) is 5. The van der Waals surface area contributed by atoms with Gasteiger partial charge in [0.2, 0.25) is 0 Å². The fraction of sp³-hybridized carbons (Fsp3) is 0.556. The molecule has 0 saturated heterocycles. The van der Waals surface area contributed by atoms with Crippen molar-refractivity contribution in [2.75, 3.05) is 19.8 Å². The first-order valence-corrected chi connectivity index (χ1v) is 4.23. The summed E-state index contributed by atoms with van der Waals surface area (Å²) in [4.78, 5) is 21.9. The van der Waals surface area contributed by atoms with Crippen LogP contribution in [0.4, 0.5) is 0 Å². The summed E-state index contributed by atoms with van der Waals surface area (Å²) >= 11 is 0. The number of rotatable bonds is 6. The molecule has 0 radical (unpaired) electrons. The van der Waals surface area contributed by atoms with Gasteiger partial charge in [-0.3, -0.25) is 4.79 Å². The summed E-state index contributed by atoms with van der Waals surface area (Å²) in [6.07, 6.45) is -0.182. The van der Waals surface area contributed by atoms with Gasteiger partial charge >= 0.3 is 11.9 Å². The molecule has 0 fully saturated rings. The van der Waals surface area contributed by atoms with E-state index in [1.165, 1.54) is 0 Å². The van der Waals surface area contributed by atoms with E-state index < -0.39 is 11.9 Å². The van der Waals surface area contributed by atoms with Gasteiger partial charge in [0, 0.05) is 5.57 Å². The Bertz CT molecular complexity index is 221. The fourth-order valence-corrected chi connectivity index (χ4v) is 0.699. The van der Waals surface area contributed by atoms with Gasteiger partial charge in [-0.15, -0.1) is 0 Å². The average molecular weight is 202 g/mol. The van der Waals surface area contributed by atoms with E-state index in [1.54, 1.807) is 6.92 Å². The number of carbonyl (C=O) groups excluding carboxylic acids is 2. The third-order valence-corrected chi connectivity index (χ3v) is 1.28. The summed E-state index contributed by atoms with van der Waals surface area (Å²) in [6.45, 7) is 4.96. The maximum Gasteiger partial charge on any atom is 0.334 e. The topological polar surface area (TPSA) is 72.8 Å². The molecule has 0 spiro atoms. The third kappa shape index (κ3) is 5.31. The van der Waals surface area contributed by atoms with Crippen molar-refractivity contribution >= 4 is 11.9 Å². The molecule has 0 aromatic rings. The molecule has 0 bridgehead atoms. The largest absolute Gasteiger partial charge is 0.466 e. The second-order valence-electron chi connectivity index (χ2n) is 2.44. The molecule has 0 aliphatic rings. The van der Waals surface area contributed by atoms with Gasteiger partial charge in [0.1, 0.15) is 6.61 Å². The van der Waals surface area contributed by atoms with Crippen LogP contribution in [0, 0.1) is 0 Å². The minimum atomic E-state index is -0.688. The highest BCUT2D eigenvalue weighted by Crippen LogP contribution is 2.02. The van der Waals surface area contributed by atoms with E-state index in [4.69, 9.17) is 5.11 Å². The monoisotopic (exact) mass is 202 g/mol. The molecule has 0 aromatic carbocycles. The number of carbonyl (C=O) groups is 2. The Morgan fingerprint density at radius 2 is 2.00 bits per heavy atom. The van der Waals surface area contributed by atoms with Crippen LogP contribution in [0.5, 0.6) is 0 Å². The molecule has 80 valence electrons. The zero-order valence-electron chi connectivity index (χ0n) is 8.12. The van der Waals surface area contributed by atoms with Gasteiger partial charge in [-0.2, -0.15) is 0 Å². The Kier molecular flexibility index (Phi) is 6.39. The Morgan fingerprint density at radius 3 is 2.50 bits per heavy atom. The first-order chi connectivity index (χ1) is 6.61. The summed E-state index contributed by atoms with van der Waals surface area (Å²) < 4.78 is 9.15. The molecule has 0 saturated carbocycles. The number of aliphatic hydroxyl groups excluding tert-OH is 1. The predicted molar refractivity (Wildman–Crippen MR) is 48.4 cm³/mol. The van der Waals surface area contributed by atoms with Gasteiger partial charge in [0.05, 0.1) is 19.6 Å². The number of esters is 2. The van der Waals surface area contributed by atoms with Crippen LogP contribution in [0.15, 0.2) is 12.2 Å². The summed E-state index contributed by atoms with van der Waals surface area (Å²) in [5.41, 5.74) is 0.0249. The Hall–Kier alpha value is -1.36. The van der Waals surface area contributed by atoms with Crippen molar-refractivity contribution < 1.29 is 24.2 Å². The second kappa shape index (κ2) is 7.08. The number of ether oxygens (including phenoxy) is 2. The SMILES string of the molecule is C=C(CC(=O)OCC)C(=O)OCCO. The van der Waals surface area contributed by atoms with Crippen LogP contribution >= 0.6 is 0 Å². The lowest BCUT2D eigenvalue weighted by molar-refractivity contribution is -0.146. The molecular weight excluding hydrogens is 188 g/mol. The molecule has 0 aromatic heterocycles. The van der Waals surface area contributed by atoms with Gasteiger partial charge in [-0.1, -0.05) is 6.58 Å². The average Bonchev–Trinajstić information content (AvgIpc) is 2.14. The summed E-state index contributed by atoms with van der Waals surface area (Å²) in [7, 11) is 0. The van der Waals surface area contributed by atoms with E-state index in [0.717, 1.165) is 0 Å². The van der Waals surface area contributed by atoms with Crippen LogP contribution in [0.2, 0.25) is 0 Å². The fourth-order valence-electron chi connectivity index (χ4n) is 0.699. The second-order valence-corrected chi connectivity index (χ2v) is 2.44. The molecular formula is C9H14O5. The lowest BCUT2D eigenvalue weighted by Crippen LogP contribution is -2.14. The minimum Gasteiger partial charge on any atom is -0.466 e. The van der Waals surface area contributed by atoms with Crippen molar-refractivity contribution in [2.24, 2.45) is 0 Å². The lowest BCUT2D eigenvalue weighted by atomic mass is 10.2. The lowest BCUT2D eigenvalue weighted by Gasteiger charge is -2.05. The Labute approximate surface area is 82.3 Å². The molecule has 0 amide bonds. The molecule has 1 N–H and O–H groups in total. The Morgan fingerprint density at radius 1 is 1.36 bits per heavy atom. The maximum absolute atomic E-state index is 11.0. The molecule has 14 heavy (non-hydrogen) atoms. The third-order valence-electron chi connectivity index (χ3n) is 1.28. The molecule has 0 unspecified atom stereocenters. The van der Waals surface area contributed by atoms with E-state index >= 15 is 0 Å². The first-order valence-electron chi connectivity index (χ1n) is 4.23. The van der Waals surface area contributed by atoms with E-state index in [2.05, 4.69) is 16.1 Å². The van der Waals surface area contributed by atoms with Crippen LogP contribution in [-0.2, 0) is 19.1 Å². The van der Waals surface area contributed by atoms with Crippen molar-refractivity contribution in [3.63, 3.8) is 0 Å². The molecule has 5 heteroatoms. The van der Waals surface area contributed by atoms with Gasteiger partial charge in [-0.05, 0) is 6.92 Å². The molecule has 0 atom stereocenters. The summed E-state index contributed by atoms with van der Waals surface area (Å²) in [5.74, 6) is -1.20. The normalized spacial score (nSPS) is 9.29. The van der Waals surface area contributed by atoms with Crippen LogP contribution in [0.3, 0.4) is 0 Å².